The Morgan fingerprint density at radius 3 is 2.44 bits per heavy atom. The van der Waals surface area contributed by atoms with Crippen molar-refractivity contribution in [2.45, 2.75) is 25.7 Å². The van der Waals surface area contributed by atoms with E-state index in [-0.39, 0.29) is 22.8 Å². The number of hydrogen-bond acceptors (Lipinski definition) is 2. The van der Waals surface area contributed by atoms with Crippen LogP contribution in [0.15, 0.2) is 24.3 Å². The van der Waals surface area contributed by atoms with Crippen LogP contribution in [0.2, 0.25) is 0 Å². The number of rotatable bonds is 2. The summed E-state index contributed by atoms with van der Waals surface area (Å²) in [5, 5.41) is 5.79. The average molecular weight is 266 g/mol. The first-order valence-electron chi connectivity index (χ1n) is 6.02. The van der Waals surface area contributed by atoms with Crippen molar-refractivity contribution >= 4 is 28.9 Å². The predicted molar refractivity (Wildman–Crippen MR) is 72.7 cm³/mol. The Morgan fingerprint density at radius 1 is 1.22 bits per heavy atom. The third-order valence-corrected chi connectivity index (χ3v) is 3.27. The summed E-state index contributed by atoms with van der Waals surface area (Å²) in [5.74, 6) is -0.244. The fourth-order valence-corrected chi connectivity index (χ4v) is 2.32. The van der Waals surface area contributed by atoms with Crippen molar-refractivity contribution in [3.8, 4) is 0 Å². The molecule has 5 heteroatoms. The maximum Gasteiger partial charge on any atom is 0.229 e. The maximum atomic E-state index is 12.7. The van der Waals surface area contributed by atoms with Gasteiger partial charge in [0.15, 0.2) is 5.11 Å². The number of benzene rings is 1. The van der Waals surface area contributed by atoms with Crippen LogP contribution in [0.4, 0.5) is 10.1 Å². The summed E-state index contributed by atoms with van der Waals surface area (Å²) in [6.07, 6.45) is 4.09. The molecule has 0 heterocycles. The maximum absolute atomic E-state index is 12.7. The molecule has 1 aliphatic rings. The molecule has 1 fully saturated rings. The molecule has 0 atom stereocenters. The fourth-order valence-electron chi connectivity index (χ4n) is 2.10. The van der Waals surface area contributed by atoms with Gasteiger partial charge < -0.3 is 10.6 Å². The lowest BCUT2D eigenvalue weighted by molar-refractivity contribution is -0.123. The second-order valence-corrected chi connectivity index (χ2v) is 4.84. The van der Waals surface area contributed by atoms with Crippen LogP contribution in [0, 0.1) is 11.7 Å². The molecule has 0 aliphatic heterocycles. The van der Waals surface area contributed by atoms with Crippen molar-refractivity contribution in [2.75, 3.05) is 5.32 Å². The molecular weight excluding hydrogens is 251 g/mol. The molecule has 3 nitrogen and oxygen atoms in total. The zero-order chi connectivity index (χ0) is 13.0. The third kappa shape index (κ3) is 3.50. The summed E-state index contributed by atoms with van der Waals surface area (Å²) < 4.78 is 12.7. The number of halogens is 1. The minimum atomic E-state index is -0.304. The minimum Gasteiger partial charge on any atom is -0.332 e. The molecule has 96 valence electrons. The molecule has 2 rings (SSSR count). The van der Waals surface area contributed by atoms with Crippen LogP contribution in [0.5, 0.6) is 0 Å². The number of nitrogens with one attached hydrogen (secondary N) is 2. The molecule has 0 unspecified atom stereocenters. The zero-order valence-corrected chi connectivity index (χ0v) is 10.7. The summed E-state index contributed by atoms with van der Waals surface area (Å²) in [5.41, 5.74) is 0.660. The second-order valence-electron chi connectivity index (χ2n) is 4.43. The molecule has 1 aliphatic carbocycles. The lowest BCUT2D eigenvalue weighted by Gasteiger charge is -2.12. The number of carbonyl (C=O) groups excluding carboxylic acids is 1. The van der Waals surface area contributed by atoms with Gasteiger partial charge in [-0.3, -0.25) is 4.79 Å². The Balaban J connectivity index is 1.84. The molecule has 18 heavy (non-hydrogen) atoms. The fraction of sp³-hybridized carbons (Fsp3) is 0.385. The van der Waals surface area contributed by atoms with E-state index in [0.29, 0.717) is 5.69 Å². The highest BCUT2D eigenvalue weighted by Gasteiger charge is 2.23. The van der Waals surface area contributed by atoms with E-state index in [1.165, 1.54) is 12.1 Å². The van der Waals surface area contributed by atoms with Crippen molar-refractivity contribution in [3.05, 3.63) is 30.1 Å². The normalized spacial score (nSPS) is 15.4. The van der Waals surface area contributed by atoms with E-state index >= 15 is 0 Å². The molecule has 2 N–H and O–H groups in total. The van der Waals surface area contributed by atoms with Gasteiger partial charge in [-0.1, -0.05) is 12.8 Å². The van der Waals surface area contributed by atoms with E-state index < -0.39 is 0 Å². The molecule has 1 aromatic rings. The Bertz CT molecular complexity index is 441. The van der Waals surface area contributed by atoms with Gasteiger partial charge in [0, 0.05) is 11.6 Å². The summed E-state index contributed by atoms with van der Waals surface area (Å²) in [7, 11) is 0. The van der Waals surface area contributed by atoms with Gasteiger partial charge in [-0.25, -0.2) is 4.39 Å². The molecular formula is C13H15FN2OS. The first-order chi connectivity index (χ1) is 8.65. The first-order valence-corrected chi connectivity index (χ1v) is 6.43. The van der Waals surface area contributed by atoms with Crippen molar-refractivity contribution < 1.29 is 9.18 Å². The average Bonchev–Trinajstić information content (AvgIpc) is 2.85. The lowest BCUT2D eigenvalue weighted by atomic mass is 10.1. The topological polar surface area (TPSA) is 41.1 Å². The van der Waals surface area contributed by atoms with E-state index in [9.17, 15) is 9.18 Å². The van der Waals surface area contributed by atoms with E-state index in [1.54, 1.807) is 12.1 Å². The van der Waals surface area contributed by atoms with Gasteiger partial charge in [0.2, 0.25) is 5.91 Å². The predicted octanol–water partition coefficient (Wildman–Crippen LogP) is 2.83. The minimum absolute atomic E-state index is 0.0212. The van der Waals surface area contributed by atoms with Crippen molar-refractivity contribution in [3.63, 3.8) is 0 Å². The number of amides is 1. The molecule has 0 radical (unpaired) electrons. The van der Waals surface area contributed by atoms with Gasteiger partial charge in [-0.2, -0.15) is 0 Å². The quantitative estimate of drug-likeness (QED) is 0.809. The summed E-state index contributed by atoms with van der Waals surface area (Å²) in [4.78, 5) is 11.8. The summed E-state index contributed by atoms with van der Waals surface area (Å²) in [6.45, 7) is 0. The molecule has 1 amide bonds. The van der Waals surface area contributed by atoms with Crippen LogP contribution < -0.4 is 10.6 Å². The first kappa shape index (κ1) is 13.0. The summed E-state index contributed by atoms with van der Waals surface area (Å²) in [6, 6.07) is 5.82. The highest BCUT2D eigenvalue weighted by atomic mass is 32.1. The Kier molecular flexibility index (Phi) is 4.25. The van der Waals surface area contributed by atoms with Crippen LogP contribution in [-0.4, -0.2) is 11.0 Å². The molecule has 0 bridgehead atoms. The van der Waals surface area contributed by atoms with Crippen LogP contribution >= 0.6 is 12.2 Å². The summed E-state index contributed by atoms with van der Waals surface area (Å²) >= 11 is 5.04. The Hall–Kier alpha value is -1.49. The Morgan fingerprint density at radius 2 is 1.83 bits per heavy atom. The smallest absolute Gasteiger partial charge is 0.229 e. The standard InChI is InChI=1S/C13H15FN2OS/c14-10-5-7-11(8-6-10)15-13(18)16-12(17)9-3-1-2-4-9/h5-9H,1-4H2,(H2,15,16,17,18). The lowest BCUT2D eigenvalue weighted by Crippen LogP contribution is -2.37. The largest absolute Gasteiger partial charge is 0.332 e. The van der Waals surface area contributed by atoms with E-state index in [2.05, 4.69) is 10.6 Å². The Labute approximate surface area is 111 Å². The van der Waals surface area contributed by atoms with Crippen molar-refractivity contribution in [1.82, 2.24) is 5.32 Å². The van der Waals surface area contributed by atoms with E-state index in [0.717, 1.165) is 25.7 Å². The third-order valence-electron chi connectivity index (χ3n) is 3.06. The SMILES string of the molecule is O=C(NC(=S)Nc1ccc(F)cc1)C1CCCC1. The van der Waals surface area contributed by atoms with Gasteiger partial charge in [-0.05, 0) is 49.3 Å². The second kappa shape index (κ2) is 5.91. The number of anilines is 1. The van der Waals surface area contributed by atoms with E-state index in [4.69, 9.17) is 12.2 Å². The van der Waals surface area contributed by atoms with Crippen molar-refractivity contribution in [1.29, 1.82) is 0 Å². The van der Waals surface area contributed by atoms with Crippen LogP contribution in [0.3, 0.4) is 0 Å². The van der Waals surface area contributed by atoms with Crippen molar-refractivity contribution in [2.24, 2.45) is 5.92 Å². The molecule has 0 spiro atoms. The van der Waals surface area contributed by atoms with Gasteiger partial charge in [-0.15, -0.1) is 0 Å². The zero-order valence-electron chi connectivity index (χ0n) is 9.91. The molecule has 0 aromatic heterocycles. The van der Waals surface area contributed by atoms with Crippen LogP contribution in [0.1, 0.15) is 25.7 Å². The van der Waals surface area contributed by atoms with E-state index in [1.807, 2.05) is 0 Å². The molecule has 1 saturated carbocycles. The van der Waals surface area contributed by atoms with Crippen LogP contribution in [-0.2, 0) is 4.79 Å². The van der Waals surface area contributed by atoms with Gasteiger partial charge in [0.25, 0.3) is 0 Å². The number of thiocarbonyl (C=S) groups is 1. The van der Waals surface area contributed by atoms with Gasteiger partial charge in [0.05, 0.1) is 0 Å². The van der Waals surface area contributed by atoms with Gasteiger partial charge >= 0.3 is 0 Å². The van der Waals surface area contributed by atoms with Crippen LogP contribution in [0.25, 0.3) is 0 Å². The highest BCUT2D eigenvalue weighted by molar-refractivity contribution is 7.80. The highest BCUT2D eigenvalue weighted by Crippen LogP contribution is 2.24. The molecule has 1 aromatic carbocycles. The van der Waals surface area contributed by atoms with Gasteiger partial charge in [0.1, 0.15) is 5.82 Å². The molecule has 0 saturated heterocycles. The number of carbonyl (C=O) groups is 1. The number of hydrogen-bond donors (Lipinski definition) is 2. The monoisotopic (exact) mass is 266 g/mol.